The predicted molar refractivity (Wildman–Crippen MR) is 95.5 cm³/mol. The van der Waals surface area contributed by atoms with E-state index in [0.29, 0.717) is 10.6 Å². The van der Waals surface area contributed by atoms with Crippen LogP contribution in [0.25, 0.3) is 11.1 Å². The van der Waals surface area contributed by atoms with Gasteiger partial charge >= 0.3 is 5.97 Å². The second-order valence-electron chi connectivity index (χ2n) is 5.56. The zero-order chi connectivity index (χ0) is 19.5. The number of carboxylic acid groups (broad SMARTS) is 1. The van der Waals surface area contributed by atoms with Gasteiger partial charge in [0.05, 0.1) is 17.9 Å². The number of sulfonamides is 1. The van der Waals surface area contributed by atoms with Crippen molar-refractivity contribution < 1.29 is 27.4 Å². The highest BCUT2D eigenvalue weighted by atomic mass is 35.5. The first-order valence-electron chi connectivity index (χ1n) is 7.49. The minimum absolute atomic E-state index is 0.0931. The molecule has 2 aromatic rings. The standard InChI is InChI=1S/C17H17ClFNO5S/c1-20(2)26(23,24)12-4-5-13(15(19)10-12)14-9-11(18)3-6-16(14)25-8-7-17(21)22/h3-6,9-10H,7-8H2,1-2H3,(H,21,22). The number of nitrogens with zero attached hydrogens (tertiary/aromatic N) is 1. The molecule has 0 unspecified atom stereocenters. The lowest BCUT2D eigenvalue weighted by Crippen LogP contribution is -2.22. The molecule has 0 aliphatic heterocycles. The summed E-state index contributed by atoms with van der Waals surface area (Å²) in [5, 5.41) is 9.02. The molecular formula is C17H17ClFNO5S. The van der Waals surface area contributed by atoms with Crippen molar-refractivity contribution in [2.75, 3.05) is 20.7 Å². The van der Waals surface area contributed by atoms with Crippen LogP contribution < -0.4 is 4.74 Å². The molecule has 0 aliphatic carbocycles. The third-order valence-corrected chi connectivity index (χ3v) is 5.57. The van der Waals surface area contributed by atoms with E-state index in [9.17, 15) is 17.6 Å². The summed E-state index contributed by atoms with van der Waals surface area (Å²) < 4.78 is 45.3. The molecule has 0 amide bonds. The van der Waals surface area contributed by atoms with E-state index in [1.54, 1.807) is 0 Å². The van der Waals surface area contributed by atoms with Crippen molar-refractivity contribution in [3.63, 3.8) is 0 Å². The monoisotopic (exact) mass is 401 g/mol. The van der Waals surface area contributed by atoms with E-state index >= 15 is 0 Å². The normalized spacial score (nSPS) is 11.6. The molecule has 2 rings (SSSR count). The summed E-state index contributed by atoms with van der Waals surface area (Å²) in [6, 6.07) is 8.03. The number of hydrogen-bond donors (Lipinski definition) is 1. The van der Waals surface area contributed by atoms with E-state index in [-0.39, 0.29) is 29.2 Å². The van der Waals surface area contributed by atoms with Crippen LogP contribution in [-0.4, -0.2) is 44.5 Å². The van der Waals surface area contributed by atoms with Crippen LogP contribution in [-0.2, 0) is 14.8 Å². The molecule has 0 atom stereocenters. The fourth-order valence-electron chi connectivity index (χ4n) is 2.17. The molecule has 2 aromatic carbocycles. The molecular weight excluding hydrogens is 385 g/mol. The zero-order valence-electron chi connectivity index (χ0n) is 14.1. The van der Waals surface area contributed by atoms with E-state index in [4.69, 9.17) is 21.4 Å². The summed E-state index contributed by atoms with van der Waals surface area (Å²) in [5.41, 5.74) is 0.393. The first kappa shape index (κ1) is 20.2. The largest absolute Gasteiger partial charge is 0.492 e. The fraction of sp³-hybridized carbons (Fsp3) is 0.235. The van der Waals surface area contributed by atoms with Gasteiger partial charge in [-0.3, -0.25) is 4.79 Å². The second-order valence-corrected chi connectivity index (χ2v) is 8.15. The van der Waals surface area contributed by atoms with Gasteiger partial charge in [-0.2, -0.15) is 0 Å². The molecule has 9 heteroatoms. The highest BCUT2D eigenvalue weighted by Gasteiger charge is 2.20. The molecule has 26 heavy (non-hydrogen) atoms. The lowest BCUT2D eigenvalue weighted by Gasteiger charge is -2.15. The van der Waals surface area contributed by atoms with Crippen LogP contribution >= 0.6 is 11.6 Å². The lowest BCUT2D eigenvalue weighted by molar-refractivity contribution is -0.137. The van der Waals surface area contributed by atoms with Gasteiger partial charge in [0, 0.05) is 30.2 Å². The average Bonchev–Trinajstić information content (AvgIpc) is 2.55. The Labute approximate surface area is 155 Å². The van der Waals surface area contributed by atoms with Crippen molar-refractivity contribution in [2.45, 2.75) is 11.3 Å². The van der Waals surface area contributed by atoms with Crippen LogP contribution in [0.4, 0.5) is 4.39 Å². The lowest BCUT2D eigenvalue weighted by atomic mass is 10.0. The maximum Gasteiger partial charge on any atom is 0.306 e. The van der Waals surface area contributed by atoms with Crippen molar-refractivity contribution in [3.05, 3.63) is 47.2 Å². The Morgan fingerprint density at radius 2 is 1.88 bits per heavy atom. The number of ether oxygens (including phenoxy) is 1. The molecule has 0 bridgehead atoms. The van der Waals surface area contributed by atoms with Gasteiger partial charge in [-0.05, 0) is 36.4 Å². The van der Waals surface area contributed by atoms with Crippen molar-refractivity contribution in [2.24, 2.45) is 0 Å². The summed E-state index contributed by atoms with van der Waals surface area (Å²) in [4.78, 5) is 10.4. The number of carbonyl (C=O) groups is 1. The Bertz CT molecular complexity index is 931. The number of aliphatic carboxylic acids is 1. The molecule has 0 saturated heterocycles. The van der Waals surface area contributed by atoms with Crippen LogP contribution in [0.5, 0.6) is 5.75 Å². The van der Waals surface area contributed by atoms with Crippen LogP contribution in [0.1, 0.15) is 6.42 Å². The van der Waals surface area contributed by atoms with Gasteiger partial charge in [0.25, 0.3) is 0 Å². The highest BCUT2D eigenvalue weighted by molar-refractivity contribution is 7.89. The second kappa shape index (κ2) is 8.03. The Kier molecular flexibility index (Phi) is 6.22. The van der Waals surface area contributed by atoms with Gasteiger partial charge < -0.3 is 9.84 Å². The van der Waals surface area contributed by atoms with E-state index in [2.05, 4.69) is 0 Å². The number of benzene rings is 2. The molecule has 0 radical (unpaired) electrons. The van der Waals surface area contributed by atoms with E-state index in [1.165, 1.54) is 44.4 Å². The van der Waals surface area contributed by atoms with Crippen LogP contribution in [0, 0.1) is 5.82 Å². The van der Waals surface area contributed by atoms with Crippen molar-refractivity contribution in [1.82, 2.24) is 4.31 Å². The van der Waals surface area contributed by atoms with Crippen molar-refractivity contribution in [3.8, 4) is 16.9 Å². The van der Waals surface area contributed by atoms with Gasteiger partial charge in [-0.1, -0.05) is 11.6 Å². The fourth-order valence-corrected chi connectivity index (χ4v) is 3.26. The molecule has 0 aliphatic rings. The molecule has 0 aromatic heterocycles. The summed E-state index contributed by atoms with van der Waals surface area (Å²) in [5.74, 6) is -1.54. The molecule has 0 saturated carbocycles. The molecule has 1 N–H and O–H groups in total. The third kappa shape index (κ3) is 4.51. The van der Waals surface area contributed by atoms with Crippen LogP contribution in [0.15, 0.2) is 41.3 Å². The Balaban J connectivity index is 2.45. The van der Waals surface area contributed by atoms with E-state index in [0.717, 1.165) is 10.4 Å². The van der Waals surface area contributed by atoms with Gasteiger partial charge in [0.2, 0.25) is 10.0 Å². The number of carboxylic acids is 1. The topological polar surface area (TPSA) is 83.9 Å². The Morgan fingerprint density at radius 1 is 1.19 bits per heavy atom. The summed E-state index contributed by atoms with van der Waals surface area (Å²) in [6.07, 6.45) is -0.218. The van der Waals surface area contributed by atoms with Gasteiger partial charge in [0.15, 0.2) is 0 Å². The van der Waals surface area contributed by atoms with Crippen LogP contribution in [0.3, 0.4) is 0 Å². The minimum atomic E-state index is -3.77. The molecule has 0 fully saturated rings. The predicted octanol–water partition coefficient (Wildman–Crippen LogP) is 3.25. The molecule has 0 heterocycles. The molecule has 140 valence electrons. The SMILES string of the molecule is CN(C)S(=O)(=O)c1ccc(-c2cc(Cl)ccc2OCCC(=O)O)c(F)c1. The quantitative estimate of drug-likeness (QED) is 0.769. The first-order chi connectivity index (χ1) is 12.1. The zero-order valence-corrected chi connectivity index (χ0v) is 15.6. The number of halogens is 2. The maximum absolute atomic E-state index is 14.6. The van der Waals surface area contributed by atoms with E-state index in [1.807, 2.05) is 0 Å². The number of rotatable bonds is 7. The van der Waals surface area contributed by atoms with Crippen molar-refractivity contribution >= 4 is 27.6 Å². The Morgan fingerprint density at radius 3 is 2.46 bits per heavy atom. The van der Waals surface area contributed by atoms with E-state index < -0.39 is 21.8 Å². The Hall–Kier alpha value is -2.16. The smallest absolute Gasteiger partial charge is 0.306 e. The van der Waals surface area contributed by atoms with Gasteiger partial charge in [-0.25, -0.2) is 17.1 Å². The van der Waals surface area contributed by atoms with Gasteiger partial charge in [0.1, 0.15) is 11.6 Å². The summed E-state index contributed by atoms with van der Waals surface area (Å²) >= 11 is 5.97. The molecule has 0 spiro atoms. The summed E-state index contributed by atoms with van der Waals surface area (Å²) in [6.45, 7) is -0.0985. The number of hydrogen-bond acceptors (Lipinski definition) is 4. The van der Waals surface area contributed by atoms with Gasteiger partial charge in [-0.15, -0.1) is 0 Å². The molecule has 6 nitrogen and oxygen atoms in total. The minimum Gasteiger partial charge on any atom is -0.492 e. The maximum atomic E-state index is 14.6. The highest BCUT2D eigenvalue weighted by Crippen LogP contribution is 2.35. The average molecular weight is 402 g/mol. The van der Waals surface area contributed by atoms with Crippen LogP contribution in [0.2, 0.25) is 5.02 Å². The third-order valence-electron chi connectivity index (χ3n) is 3.52. The summed E-state index contributed by atoms with van der Waals surface area (Å²) in [7, 11) is -1.06. The van der Waals surface area contributed by atoms with Crippen molar-refractivity contribution in [1.29, 1.82) is 0 Å². The first-order valence-corrected chi connectivity index (χ1v) is 9.31.